The lowest BCUT2D eigenvalue weighted by molar-refractivity contribution is -0.143. The summed E-state index contributed by atoms with van der Waals surface area (Å²) in [5.74, 6) is 0.249. The van der Waals surface area contributed by atoms with Crippen molar-refractivity contribution in [1.29, 1.82) is 0 Å². The van der Waals surface area contributed by atoms with Gasteiger partial charge in [0.2, 0.25) is 10.0 Å². The van der Waals surface area contributed by atoms with Gasteiger partial charge in [0.05, 0.1) is 24.9 Å². The van der Waals surface area contributed by atoms with Gasteiger partial charge in [-0.3, -0.25) is 9.89 Å². The lowest BCUT2D eigenvalue weighted by Crippen LogP contribution is -2.45. The van der Waals surface area contributed by atoms with E-state index >= 15 is 0 Å². The van der Waals surface area contributed by atoms with E-state index < -0.39 is 22.7 Å². The van der Waals surface area contributed by atoms with Crippen LogP contribution in [0.1, 0.15) is 32.6 Å². The number of guanidine groups is 1. The van der Waals surface area contributed by atoms with Crippen LogP contribution in [-0.2, 0) is 14.8 Å². The van der Waals surface area contributed by atoms with E-state index in [1.54, 1.807) is 0 Å². The first-order valence-electron chi connectivity index (χ1n) is 10.1. The highest BCUT2D eigenvalue weighted by Crippen LogP contribution is 2.19. The van der Waals surface area contributed by atoms with E-state index in [9.17, 15) is 21.6 Å². The van der Waals surface area contributed by atoms with Crippen LogP contribution in [0.4, 0.5) is 13.2 Å². The van der Waals surface area contributed by atoms with Gasteiger partial charge in [-0.2, -0.15) is 13.2 Å². The fourth-order valence-electron chi connectivity index (χ4n) is 3.40. The second-order valence-electron chi connectivity index (χ2n) is 7.40. The molecule has 2 fully saturated rings. The minimum atomic E-state index is -4.21. The topological polar surface area (TPSA) is 95.1 Å². The zero-order valence-corrected chi connectivity index (χ0v) is 20.4. The molecule has 0 aromatic heterocycles. The van der Waals surface area contributed by atoms with Crippen molar-refractivity contribution in [2.45, 2.75) is 50.9 Å². The molecule has 8 nitrogen and oxygen atoms in total. The monoisotopic (exact) mass is 571 g/mol. The van der Waals surface area contributed by atoms with Crippen LogP contribution in [0.2, 0.25) is 0 Å². The molecule has 2 heterocycles. The molecular weight excluding hydrogens is 538 g/mol. The van der Waals surface area contributed by atoms with Crippen LogP contribution in [0, 0.1) is 0 Å². The molecule has 0 aliphatic carbocycles. The smallest absolute Gasteiger partial charge is 0.377 e. The molecule has 0 amide bonds. The highest BCUT2D eigenvalue weighted by Gasteiger charge is 2.34. The Labute approximate surface area is 193 Å². The lowest BCUT2D eigenvalue weighted by Gasteiger charge is -2.22. The van der Waals surface area contributed by atoms with Crippen molar-refractivity contribution >= 4 is 40.0 Å². The summed E-state index contributed by atoms with van der Waals surface area (Å²) < 4.78 is 69.9. The average Bonchev–Trinajstić information content (AvgIpc) is 3.06. The van der Waals surface area contributed by atoms with Gasteiger partial charge in [0.1, 0.15) is 0 Å². The van der Waals surface area contributed by atoms with E-state index in [1.165, 1.54) is 4.90 Å². The first-order valence-corrected chi connectivity index (χ1v) is 11.7. The molecule has 2 unspecified atom stereocenters. The summed E-state index contributed by atoms with van der Waals surface area (Å²) >= 11 is 0. The van der Waals surface area contributed by atoms with Gasteiger partial charge in [0.15, 0.2) is 5.96 Å². The molecule has 30 heavy (non-hydrogen) atoms. The Morgan fingerprint density at radius 3 is 2.67 bits per heavy atom. The molecule has 2 aliphatic heterocycles. The quantitative estimate of drug-likeness (QED) is 0.220. The van der Waals surface area contributed by atoms with Crippen molar-refractivity contribution < 1.29 is 26.3 Å². The molecule has 13 heteroatoms. The summed E-state index contributed by atoms with van der Waals surface area (Å²) in [5, 5.41) is 6.10. The van der Waals surface area contributed by atoms with E-state index in [4.69, 9.17) is 4.74 Å². The van der Waals surface area contributed by atoms with Gasteiger partial charge in [-0.25, -0.2) is 13.1 Å². The number of hydrogen-bond acceptors (Lipinski definition) is 5. The van der Waals surface area contributed by atoms with Gasteiger partial charge in [-0.1, -0.05) is 0 Å². The normalized spacial score (nSPS) is 23.8. The van der Waals surface area contributed by atoms with Crippen LogP contribution in [0.25, 0.3) is 0 Å². The highest BCUT2D eigenvalue weighted by atomic mass is 127. The number of rotatable bonds is 9. The molecule has 0 saturated carbocycles. The summed E-state index contributed by atoms with van der Waals surface area (Å²) in [6.07, 6.45) is -0.826. The molecule has 0 bridgehead atoms. The van der Waals surface area contributed by atoms with Crippen LogP contribution in [-0.4, -0.2) is 89.2 Å². The Bertz CT molecular complexity index is 631. The van der Waals surface area contributed by atoms with Crippen LogP contribution in [0.5, 0.6) is 0 Å². The highest BCUT2D eigenvalue weighted by molar-refractivity contribution is 14.0. The Hall–Kier alpha value is -0.380. The fraction of sp³-hybridized carbons (Fsp3) is 0.941. The molecule has 2 atom stereocenters. The summed E-state index contributed by atoms with van der Waals surface area (Å²) in [7, 11) is -3.47. The maximum Gasteiger partial charge on any atom is 0.401 e. The van der Waals surface area contributed by atoms with E-state index in [2.05, 4.69) is 20.3 Å². The van der Waals surface area contributed by atoms with E-state index in [0.717, 1.165) is 19.3 Å². The SMILES string of the molecule is CCNC(=NCCS(=O)(=O)NCC1CCCCO1)NC1CCN(CC(F)(F)F)C1.I. The number of halogens is 4. The minimum Gasteiger partial charge on any atom is -0.377 e. The van der Waals surface area contributed by atoms with Gasteiger partial charge in [0, 0.05) is 38.8 Å². The van der Waals surface area contributed by atoms with Crippen molar-refractivity contribution in [3.63, 3.8) is 0 Å². The number of sulfonamides is 1. The van der Waals surface area contributed by atoms with E-state index in [1.807, 2.05) is 6.92 Å². The van der Waals surface area contributed by atoms with Crippen LogP contribution in [0.3, 0.4) is 0 Å². The Morgan fingerprint density at radius 1 is 1.27 bits per heavy atom. The third-order valence-electron chi connectivity index (χ3n) is 4.80. The third-order valence-corrected chi connectivity index (χ3v) is 6.12. The number of ether oxygens (including phenoxy) is 1. The number of aliphatic imine (C=N–C) groups is 1. The van der Waals surface area contributed by atoms with E-state index in [-0.39, 0.29) is 61.5 Å². The number of likely N-dealkylation sites (tertiary alicyclic amines) is 1. The van der Waals surface area contributed by atoms with Gasteiger partial charge in [0.25, 0.3) is 0 Å². The lowest BCUT2D eigenvalue weighted by atomic mass is 10.1. The molecule has 0 aromatic rings. The number of alkyl halides is 3. The number of nitrogens with one attached hydrogen (secondary N) is 3. The van der Waals surface area contributed by atoms with Crippen molar-refractivity contribution in [1.82, 2.24) is 20.3 Å². The Kier molecular flexibility index (Phi) is 12.2. The summed E-state index contributed by atoms with van der Waals surface area (Å²) in [6, 6.07) is -0.159. The van der Waals surface area contributed by atoms with Crippen LogP contribution >= 0.6 is 24.0 Å². The largest absolute Gasteiger partial charge is 0.401 e. The van der Waals surface area contributed by atoms with Crippen molar-refractivity contribution in [3.05, 3.63) is 0 Å². The standard InChI is InChI=1S/C17H32F3N5O3S.HI/c1-2-21-16(24-14-6-8-25(12-14)13-17(18,19)20)22-7-10-29(26,27)23-11-15-5-3-4-9-28-15;/h14-15,23H,2-13H2,1H3,(H2,21,22,24);1H. The first kappa shape index (κ1) is 27.7. The van der Waals surface area contributed by atoms with Gasteiger partial charge < -0.3 is 15.4 Å². The fourth-order valence-corrected chi connectivity index (χ4v) is 4.31. The number of hydrogen-bond donors (Lipinski definition) is 3. The molecule has 178 valence electrons. The summed E-state index contributed by atoms with van der Waals surface area (Å²) in [4.78, 5) is 5.61. The Morgan fingerprint density at radius 2 is 2.03 bits per heavy atom. The molecule has 3 N–H and O–H groups in total. The van der Waals surface area contributed by atoms with Gasteiger partial charge in [-0.15, -0.1) is 24.0 Å². The summed E-state index contributed by atoms with van der Waals surface area (Å²) in [5.41, 5.74) is 0. The molecular formula is C17H33F3IN5O3S. The van der Waals surface area contributed by atoms with Crippen molar-refractivity contribution in [2.24, 2.45) is 4.99 Å². The maximum absolute atomic E-state index is 12.5. The van der Waals surface area contributed by atoms with Gasteiger partial charge in [-0.05, 0) is 32.6 Å². The third kappa shape index (κ3) is 11.3. The summed E-state index contributed by atoms with van der Waals surface area (Å²) in [6.45, 7) is 3.11. The average molecular weight is 571 g/mol. The minimum absolute atomic E-state index is 0. The zero-order valence-electron chi connectivity index (χ0n) is 17.2. The number of nitrogens with zero attached hydrogens (tertiary/aromatic N) is 2. The molecule has 0 radical (unpaired) electrons. The molecule has 2 rings (SSSR count). The van der Waals surface area contributed by atoms with Crippen LogP contribution < -0.4 is 15.4 Å². The molecule has 2 aliphatic rings. The zero-order chi connectivity index (χ0) is 21.3. The molecule has 2 saturated heterocycles. The predicted molar refractivity (Wildman–Crippen MR) is 121 cm³/mol. The van der Waals surface area contributed by atoms with Crippen molar-refractivity contribution in [3.8, 4) is 0 Å². The van der Waals surface area contributed by atoms with Gasteiger partial charge >= 0.3 is 6.18 Å². The second kappa shape index (κ2) is 13.2. The van der Waals surface area contributed by atoms with Crippen molar-refractivity contribution in [2.75, 3.05) is 51.6 Å². The van der Waals surface area contributed by atoms with Crippen LogP contribution in [0.15, 0.2) is 4.99 Å². The molecule has 0 aromatic carbocycles. The second-order valence-corrected chi connectivity index (χ2v) is 9.32. The predicted octanol–water partition coefficient (Wildman–Crippen LogP) is 1.28. The Balaban J connectivity index is 0.00000450. The molecule has 0 spiro atoms. The maximum atomic E-state index is 12.5. The van der Waals surface area contributed by atoms with E-state index in [0.29, 0.717) is 32.1 Å². The first-order chi connectivity index (χ1) is 13.7.